The third-order valence-corrected chi connectivity index (χ3v) is 4.18. The summed E-state index contributed by atoms with van der Waals surface area (Å²) in [5.41, 5.74) is 6.66. The molecule has 1 aromatic heterocycles. The number of hydrogen-bond donors (Lipinski definition) is 1. The highest BCUT2D eigenvalue weighted by Crippen LogP contribution is 2.44. The van der Waals surface area contributed by atoms with Crippen LogP contribution in [0.4, 0.5) is 18.9 Å². The maximum absolute atomic E-state index is 13.1. The minimum absolute atomic E-state index is 0.0330. The summed E-state index contributed by atoms with van der Waals surface area (Å²) in [5, 5.41) is 0.157. The van der Waals surface area contributed by atoms with Crippen LogP contribution in [0.5, 0.6) is 17.2 Å². The van der Waals surface area contributed by atoms with Gasteiger partial charge in [0.1, 0.15) is 5.75 Å². The van der Waals surface area contributed by atoms with Gasteiger partial charge in [-0.3, -0.25) is 4.98 Å². The number of hydrogen-bond acceptors (Lipinski definition) is 4. The molecule has 136 valence electrons. The van der Waals surface area contributed by atoms with Gasteiger partial charge in [0.15, 0.2) is 11.5 Å². The number of methoxy groups -OCH3 is 1. The van der Waals surface area contributed by atoms with Crippen molar-refractivity contribution in [2.45, 2.75) is 13.1 Å². The number of alkyl halides is 3. The summed E-state index contributed by atoms with van der Waals surface area (Å²) in [6, 6.07) is 6.60. The molecule has 0 fully saturated rings. The van der Waals surface area contributed by atoms with Crippen molar-refractivity contribution < 1.29 is 22.6 Å². The minimum Gasteiger partial charge on any atom is -0.493 e. The lowest BCUT2D eigenvalue weighted by atomic mass is 10.1. The van der Waals surface area contributed by atoms with Gasteiger partial charge < -0.3 is 15.2 Å². The van der Waals surface area contributed by atoms with Gasteiger partial charge in [-0.2, -0.15) is 13.2 Å². The van der Waals surface area contributed by atoms with Gasteiger partial charge in [-0.15, -0.1) is 0 Å². The van der Waals surface area contributed by atoms with Gasteiger partial charge in [-0.05, 0) is 36.8 Å². The molecule has 0 spiro atoms. The highest BCUT2D eigenvalue weighted by atomic mass is 35.5. The van der Waals surface area contributed by atoms with E-state index in [-0.39, 0.29) is 17.2 Å². The Bertz CT molecular complexity index is 990. The first kappa shape index (κ1) is 18.1. The summed E-state index contributed by atoms with van der Waals surface area (Å²) in [7, 11) is 1.42. The van der Waals surface area contributed by atoms with E-state index in [1.807, 2.05) is 6.92 Å². The molecule has 0 aliphatic carbocycles. The summed E-state index contributed by atoms with van der Waals surface area (Å²) in [4.78, 5) is 4.23. The lowest BCUT2D eigenvalue weighted by Gasteiger charge is -2.17. The van der Waals surface area contributed by atoms with Crippen LogP contribution in [0.2, 0.25) is 5.02 Å². The van der Waals surface area contributed by atoms with E-state index in [4.69, 9.17) is 26.8 Å². The smallest absolute Gasteiger partial charge is 0.417 e. The van der Waals surface area contributed by atoms with Gasteiger partial charge in [0.2, 0.25) is 0 Å². The number of nitrogen functional groups attached to an aromatic ring is 1. The quantitative estimate of drug-likeness (QED) is 0.599. The van der Waals surface area contributed by atoms with Gasteiger partial charge in [0, 0.05) is 12.3 Å². The summed E-state index contributed by atoms with van der Waals surface area (Å²) in [6.45, 7) is 1.82. The maximum Gasteiger partial charge on any atom is 0.417 e. The molecule has 0 radical (unpaired) electrons. The molecule has 0 bridgehead atoms. The fraction of sp³-hybridized carbons (Fsp3) is 0.167. The summed E-state index contributed by atoms with van der Waals surface area (Å²) in [6.07, 6.45) is -3.00. The molecule has 0 saturated carbocycles. The van der Waals surface area contributed by atoms with Crippen molar-refractivity contribution in [1.82, 2.24) is 4.98 Å². The van der Waals surface area contributed by atoms with E-state index in [9.17, 15) is 13.2 Å². The molecule has 0 aliphatic rings. The predicted molar refractivity (Wildman–Crippen MR) is 94.0 cm³/mol. The predicted octanol–water partition coefficient (Wildman–Crippen LogP) is 5.60. The largest absolute Gasteiger partial charge is 0.493 e. The number of ether oxygens (including phenoxy) is 2. The monoisotopic (exact) mass is 382 g/mol. The average molecular weight is 383 g/mol. The van der Waals surface area contributed by atoms with Crippen molar-refractivity contribution >= 4 is 28.2 Å². The van der Waals surface area contributed by atoms with Crippen LogP contribution < -0.4 is 15.2 Å². The Balaban J connectivity index is 2.20. The summed E-state index contributed by atoms with van der Waals surface area (Å²) >= 11 is 5.66. The number of pyridine rings is 1. The molecule has 0 aliphatic heterocycles. The Kier molecular flexibility index (Phi) is 4.58. The van der Waals surface area contributed by atoms with E-state index in [2.05, 4.69) is 4.98 Å². The molecule has 2 N–H and O–H groups in total. The molecular formula is C18H14ClF3N2O2. The molecule has 8 heteroatoms. The Morgan fingerprint density at radius 2 is 1.88 bits per heavy atom. The van der Waals surface area contributed by atoms with Crippen LogP contribution in [0.25, 0.3) is 10.9 Å². The van der Waals surface area contributed by atoms with Gasteiger partial charge in [0.05, 0.1) is 34.3 Å². The second-order valence-corrected chi connectivity index (χ2v) is 6.00. The van der Waals surface area contributed by atoms with E-state index in [0.29, 0.717) is 16.6 Å². The number of aryl methyl sites for hydroxylation is 1. The SMILES string of the molecule is COc1cc(N)c2nccc(C)c2c1Oc1ccc(Cl)c(C(F)(F)F)c1. The lowest BCUT2D eigenvalue weighted by Crippen LogP contribution is -2.06. The van der Waals surface area contributed by atoms with Crippen molar-refractivity contribution in [3.8, 4) is 17.2 Å². The number of halogens is 4. The van der Waals surface area contributed by atoms with Crippen molar-refractivity contribution in [2.24, 2.45) is 0 Å². The molecule has 1 heterocycles. The van der Waals surface area contributed by atoms with Crippen molar-refractivity contribution in [3.63, 3.8) is 0 Å². The van der Waals surface area contributed by atoms with Crippen LogP contribution in [-0.2, 0) is 6.18 Å². The Labute approximate surface area is 152 Å². The number of aromatic nitrogens is 1. The number of rotatable bonds is 3. The number of nitrogens with two attached hydrogens (primary N) is 1. The lowest BCUT2D eigenvalue weighted by molar-refractivity contribution is -0.137. The highest BCUT2D eigenvalue weighted by Gasteiger charge is 2.33. The number of fused-ring (bicyclic) bond motifs is 1. The molecule has 3 rings (SSSR count). The van der Waals surface area contributed by atoms with E-state index < -0.39 is 16.8 Å². The molecule has 3 aromatic rings. The fourth-order valence-electron chi connectivity index (χ4n) is 2.62. The molecule has 4 nitrogen and oxygen atoms in total. The third-order valence-electron chi connectivity index (χ3n) is 3.85. The zero-order valence-corrected chi connectivity index (χ0v) is 14.6. The maximum atomic E-state index is 13.1. The third kappa shape index (κ3) is 3.22. The standard InChI is InChI=1S/C18H14ClF3N2O2/c1-9-5-6-24-16-13(23)8-14(25-2)17(15(9)16)26-10-3-4-12(19)11(7-10)18(20,21)22/h3-8H,23H2,1-2H3. The summed E-state index contributed by atoms with van der Waals surface area (Å²) in [5.74, 6) is 0.488. The van der Waals surface area contributed by atoms with Gasteiger partial charge in [0.25, 0.3) is 0 Å². The van der Waals surface area contributed by atoms with Crippen molar-refractivity contribution in [3.05, 3.63) is 52.7 Å². The normalized spacial score (nSPS) is 11.6. The van der Waals surface area contributed by atoms with Crippen LogP contribution in [0.3, 0.4) is 0 Å². The van der Waals surface area contributed by atoms with Crippen molar-refractivity contribution in [1.29, 1.82) is 0 Å². The van der Waals surface area contributed by atoms with Crippen molar-refractivity contribution in [2.75, 3.05) is 12.8 Å². The first-order chi connectivity index (χ1) is 12.2. The molecule has 0 unspecified atom stereocenters. The zero-order chi connectivity index (χ0) is 19.1. The Morgan fingerprint density at radius 3 is 2.54 bits per heavy atom. The minimum atomic E-state index is -4.60. The van der Waals surface area contributed by atoms with E-state index >= 15 is 0 Å². The first-order valence-electron chi connectivity index (χ1n) is 7.48. The van der Waals surface area contributed by atoms with Gasteiger partial charge in [-0.25, -0.2) is 0 Å². The topological polar surface area (TPSA) is 57.4 Å². The molecule has 2 aromatic carbocycles. The van der Waals surface area contributed by atoms with E-state index in [1.165, 1.54) is 19.2 Å². The Hall–Kier alpha value is -2.67. The van der Waals surface area contributed by atoms with Gasteiger partial charge >= 0.3 is 6.18 Å². The molecule has 0 atom stereocenters. The first-order valence-corrected chi connectivity index (χ1v) is 7.86. The molecule has 0 amide bonds. The summed E-state index contributed by atoms with van der Waals surface area (Å²) < 4.78 is 50.3. The zero-order valence-electron chi connectivity index (χ0n) is 13.8. The van der Waals surface area contributed by atoms with Crippen LogP contribution >= 0.6 is 11.6 Å². The van der Waals surface area contributed by atoms with Crippen LogP contribution in [0, 0.1) is 6.92 Å². The van der Waals surface area contributed by atoms with Gasteiger partial charge in [-0.1, -0.05) is 11.6 Å². The number of nitrogens with zero attached hydrogens (tertiary/aromatic N) is 1. The number of benzene rings is 2. The second kappa shape index (κ2) is 6.57. The van der Waals surface area contributed by atoms with Crippen LogP contribution in [0.1, 0.15) is 11.1 Å². The van der Waals surface area contributed by atoms with Crippen LogP contribution in [-0.4, -0.2) is 12.1 Å². The Morgan fingerprint density at radius 1 is 1.15 bits per heavy atom. The highest BCUT2D eigenvalue weighted by molar-refractivity contribution is 6.31. The molecular weight excluding hydrogens is 369 g/mol. The van der Waals surface area contributed by atoms with E-state index in [1.54, 1.807) is 12.3 Å². The second-order valence-electron chi connectivity index (χ2n) is 5.59. The van der Waals surface area contributed by atoms with Crippen LogP contribution in [0.15, 0.2) is 36.5 Å². The molecule has 26 heavy (non-hydrogen) atoms. The average Bonchev–Trinajstić information content (AvgIpc) is 2.58. The molecule has 0 saturated heterocycles. The van der Waals surface area contributed by atoms with E-state index in [0.717, 1.165) is 17.7 Å². The number of anilines is 1. The fourth-order valence-corrected chi connectivity index (χ4v) is 2.84.